The zero-order chi connectivity index (χ0) is 7.56. The van der Waals surface area contributed by atoms with Crippen LogP contribution >= 0.6 is 11.3 Å². The predicted molar refractivity (Wildman–Crippen MR) is 37.2 cm³/mol. The molecule has 54 valence electrons. The van der Waals surface area contributed by atoms with Gasteiger partial charge in [-0.15, -0.1) is 11.3 Å². The third-order valence-electron chi connectivity index (χ3n) is 1.11. The van der Waals surface area contributed by atoms with Gasteiger partial charge in [-0.25, -0.2) is 4.79 Å². The second kappa shape index (κ2) is 2.81. The largest absolute Gasteiger partial charge is 0.477 e. The average Bonchev–Trinajstić information content (AvgIpc) is 2.33. The molecule has 0 unspecified atom stereocenters. The lowest BCUT2D eigenvalue weighted by Gasteiger charge is -1.90. The number of carboxylic acids is 1. The van der Waals surface area contributed by atoms with Crippen molar-refractivity contribution in [1.29, 1.82) is 0 Å². The van der Waals surface area contributed by atoms with Crippen molar-refractivity contribution < 1.29 is 15.0 Å². The Labute approximate surface area is 61.6 Å². The third-order valence-corrected chi connectivity index (χ3v) is 2.06. The molecule has 1 rings (SSSR count). The molecule has 1 heterocycles. The van der Waals surface area contributed by atoms with E-state index < -0.39 is 5.97 Å². The summed E-state index contributed by atoms with van der Waals surface area (Å²) in [6.45, 7) is -0.203. The van der Waals surface area contributed by atoms with E-state index in [0.717, 1.165) is 11.3 Å². The molecule has 0 amide bonds. The van der Waals surface area contributed by atoms with Crippen molar-refractivity contribution in [2.24, 2.45) is 0 Å². The van der Waals surface area contributed by atoms with Gasteiger partial charge in [-0.2, -0.15) is 0 Å². The Bertz CT molecular complexity index is 241. The number of hydrogen-bond donors (Lipinski definition) is 2. The molecule has 1 aromatic heterocycles. The summed E-state index contributed by atoms with van der Waals surface area (Å²) in [4.78, 5) is 10.6. The number of aromatic carboxylic acids is 1. The van der Waals surface area contributed by atoms with Crippen molar-refractivity contribution >= 4 is 17.3 Å². The fraction of sp³-hybridized carbons (Fsp3) is 0.167. The number of rotatable bonds is 2. The van der Waals surface area contributed by atoms with Crippen molar-refractivity contribution in [3.63, 3.8) is 0 Å². The zero-order valence-electron chi connectivity index (χ0n) is 5.07. The molecule has 2 N–H and O–H groups in total. The Morgan fingerprint density at radius 1 is 1.70 bits per heavy atom. The van der Waals surface area contributed by atoms with Crippen LogP contribution in [0, 0.1) is 0 Å². The first-order valence-electron chi connectivity index (χ1n) is 2.66. The van der Waals surface area contributed by atoms with Crippen LogP contribution in [0.25, 0.3) is 0 Å². The molecule has 0 saturated carbocycles. The Morgan fingerprint density at radius 3 is 2.80 bits per heavy atom. The number of aliphatic hydroxyl groups excluding tert-OH is 1. The first-order valence-corrected chi connectivity index (χ1v) is 3.54. The molecule has 1 aromatic rings. The second-order valence-electron chi connectivity index (χ2n) is 1.74. The Kier molecular flexibility index (Phi) is 2.03. The van der Waals surface area contributed by atoms with Gasteiger partial charge in [0.15, 0.2) is 0 Å². The Morgan fingerprint density at radius 2 is 2.40 bits per heavy atom. The van der Waals surface area contributed by atoms with Gasteiger partial charge in [-0.3, -0.25) is 0 Å². The van der Waals surface area contributed by atoms with Crippen molar-refractivity contribution in [2.45, 2.75) is 6.61 Å². The number of carboxylic acid groups (broad SMARTS) is 1. The summed E-state index contributed by atoms with van der Waals surface area (Å²) >= 11 is 1.12. The van der Waals surface area contributed by atoms with Crippen LogP contribution in [0.3, 0.4) is 0 Å². The molecular formula is C6H6O3S. The van der Waals surface area contributed by atoms with Crippen LogP contribution in [-0.4, -0.2) is 16.2 Å². The maximum absolute atomic E-state index is 10.3. The molecule has 0 bridgehead atoms. The monoisotopic (exact) mass is 158 g/mol. The van der Waals surface area contributed by atoms with E-state index in [4.69, 9.17) is 10.2 Å². The van der Waals surface area contributed by atoms with Crippen molar-refractivity contribution in [3.05, 3.63) is 21.9 Å². The maximum Gasteiger partial charge on any atom is 0.346 e. The molecule has 0 fully saturated rings. The molecule has 0 aromatic carbocycles. The van der Waals surface area contributed by atoms with E-state index >= 15 is 0 Å². The van der Waals surface area contributed by atoms with E-state index in [0.29, 0.717) is 5.56 Å². The normalized spacial score (nSPS) is 9.70. The first kappa shape index (κ1) is 7.24. The summed E-state index contributed by atoms with van der Waals surface area (Å²) in [7, 11) is 0. The number of thiophene rings is 1. The highest BCUT2D eigenvalue weighted by atomic mass is 32.1. The Balaban J connectivity index is 3.01. The summed E-state index contributed by atoms with van der Waals surface area (Å²) in [5, 5.41) is 18.7. The summed E-state index contributed by atoms with van der Waals surface area (Å²) in [6.07, 6.45) is 0. The van der Waals surface area contributed by atoms with Crippen LogP contribution in [0.5, 0.6) is 0 Å². The highest BCUT2D eigenvalue weighted by Gasteiger charge is 2.09. The lowest BCUT2D eigenvalue weighted by molar-refractivity contribution is 0.0699. The molecule has 4 heteroatoms. The molecule has 0 radical (unpaired) electrons. The third kappa shape index (κ3) is 1.17. The van der Waals surface area contributed by atoms with E-state index in [1.54, 1.807) is 11.4 Å². The molecular weight excluding hydrogens is 152 g/mol. The smallest absolute Gasteiger partial charge is 0.346 e. The van der Waals surface area contributed by atoms with Gasteiger partial charge in [0.05, 0.1) is 6.61 Å². The summed E-state index contributed by atoms with van der Waals surface area (Å²) in [5.74, 6) is -0.973. The molecule has 0 atom stereocenters. The molecule has 0 aliphatic heterocycles. The molecule has 0 aliphatic rings. The average molecular weight is 158 g/mol. The molecule has 10 heavy (non-hydrogen) atoms. The van der Waals surface area contributed by atoms with E-state index in [2.05, 4.69) is 0 Å². The van der Waals surface area contributed by atoms with Crippen molar-refractivity contribution in [3.8, 4) is 0 Å². The molecule has 3 nitrogen and oxygen atoms in total. The standard InChI is InChI=1S/C6H6O3S/c7-3-4-1-2-10-5(4)6(8)9/h1-2,7H,3H2,(H,8,9). The van der Waals surface area contributed by atoms with Crippen LogP contribution in [0.1, 0.15) is 15.2 Å². The highest BCUT2D eigenvalue weighted by molar-refractivity contribution is 7.12. The van der Waals surface area contributed by atoms with E-state index in [1.165, 1.54) is 0 Å². The van der Waals surface area contributed by atoms with Gasteiger partial charge < -0.3 is 10.2 Å². The molecule has 0 spiro atoms. The lowest BCUT2D eigenvalue weighted by atomic mass is 10.3. The van der Waals surface area contributed by atoms with Gasteiger partial charge in [-0.05, 0) is 11.4 Å². The van der Waals surface area contributed by atoms with Gasteiger partial charge in [0.1, 0.15) is 4.88 Å². The minimum absolute atomic E-state index is 0.203. The van der Waals surface area contributed by atoms with Crippen LogP contribution < -0.4 is 0 Å². The topological polar surface area (TPSA) is 57.5 Å². The first-order chi connectivity index (χ1) is 4.75. The van der Waals surface area contributed by atoms with Crippen LogP contribution in [0.2, 0.25) is 0 Å². The number of hydrogen-bond acceptors (Lipinski definition) is 3. The summed E-state index contributed by atoms with van der Waals surface area (Å²) in [5.41, 5.74) is 0.484. The lowest BCUT2D eigenvalue weighted by Crippen LogP contribution is -1.96. The van der Waals surface area contributed by atoms with Crippen molar-refractivity contribution in [2.75, 3.05) is 0 Å². The summed E-state index contributed by atoms with van der Waals surface area (Å²) in [6, 6.07) is 1.61. The van der Waals surface area contributed by atoms with E-state index in [9.17, 15) is 4.79 Å². The minimum Gasteiger partial charge on any atom is -0.477 e. The number of aliphatic hydroxyl groups is 1. The number of carbonyl (C=O) groups is 1. The fourth-order valence-corrected chi connectivity index (χ4v) is 1.40. The minimum atomic E-state index is -0.973. The molecule has 0 aliphatic carbocycles. The van der Waals surface area contributed by atoms with Crippen LogP contribution in [0.15, 0.2) is 11.4 Å². The van der Waals surface area contributed by atoms with Crippen LogP contribution in [-0.2, 0) is 6.61 Å². The van der Waals surface area contributed by atoms with Crippen molar-refractivity contribution in [1.82, 2.24) is 0 Å². The van der Waals surface area contributed by atoms with Gasteiger partial charge in [-0.1, -0.05) is 0 Å². The van der Waals surface area contributed by atoms with Gasteiger partial charge in [0, 0.05) is 5.56 Å². The van der Waals surface area contributed by atoms with E-state index in [-0.39, 0.29) is 11.5 Å². The van der Waals surface area contributed by atoms with E-state index in [1.807, 2.05) is 0 Å². The zero-order valence-corrected chi connectivity index (χ0v) is 5.89. The fourth-order valence-electron chi connectivity index (χ4n) is 0.648. The SMILES string of the molecule is O=C(O)c1sccc1CO. The maximum atomic E-state index is 10.3. The summed E-state index contributed by atoms with van der Waals surface area (Å²) < 4.78 is 0. The van der Waals surface area contributed by atoms with Gasteiger partial charge in [0.25, 0.3) is 0 Å². The van der Waals surface area contributed by atoms with Gasteiger partial charge in [0.2, 0.25) is 0 Å². The Hall–Kier alpha value is -0.870. The predicted octanol–water partition coefficient (Wildman–Crippen LogP) is 0.939. The quantitative estimate of drug-likeness (QED) is 0.673. The van der Waals surface area contributed by atoms with Gasteiger partial charge >= 0.3 is 5.97 Å². The second-order valence-corrected chi connectivity index (χ2v) is 2.65. The highest BCUT2D eigenvalue weighted by Crippen LogP contribution is 2.15. The van der Waals surface area contributed by atoms with Crippen LogP contribution in [0.4, 0.5) is 0 Å². The molecule has 0 saturated heterocycles.